The number of hydrogen-bond donors (Lipinski definition) is 1. The second-order valence-corrected chi connectivity index (χ2v) is 4.02. The minimum atomic E-state index is -0.190. The lowest BCUT2D eigenvalue weighted by molar-refractivity contribution is 0.214. The number of nitrogens with zero attached hydrogens (tertiary/aromatic N) is 1. The molecular formula is C13H13ClN2O. The molecule has 1 aromatic carbocycles. The topological polar surface area (TPSA) is 48.1 Å². The fraction of sp³-hybridized carbons (Fsp3) is 0.154. The average Bonchev–Trinajstić information content (AvgIpc) is 2.39. The van der Waals surface area contributed by atoms with Crippen molar-refractivity contribution in [2.24, 2.45) is 5.73 Å². The van der Waals surface area contributed by atoms with Crippen molar-refractivity contribution >= 4 is 11.6 Å². The van der Waals surface area contributed by atoms with Gasteiger partial charge in [0.2, 0.25) is 0 Å². The molecule has 0 aliphatic heterocycles. The van der Waals surface area contributed by atoms with Crippen LogP contribution >= 0.6 is 11.6 Å². The Labute approximate surface area is 105 Å². The Kier molecular flexibility index (Phi) is 3.96. The molecule has 0 bridgehead atoms. The van der Waals surface area contributed by atoms with E-state index in [4.69, 9.17) is 22.1 Å². The average molecular weight is 249 g/mol. The summed E-state index contributed by atoms with van der Waals surface area (Å²) < 4.78 is 5.78. The number of benzene rings is 1. The molecule has 0 saturated carbocycles. The highest BCUT2D eigenvalue weighted by Gasteiger charge is 2.11. The van der Waals surface area contributed by atoms with Gasteiger partial charge in [0.25, 0.3) is 0 Å². The van der Waals surface area contributed by atoms with Crippen LogP contribution < -0.4 is 10.5 Å². The maximum Gasteiger partial charge on any atom is 0.137 e. The number of hydrogen-bond acceptors (Lipinski definition) is 3. The van der Waals surface area contributed by atoms with Gasteiger partial charge in [0.05, 0.1) is 0 Å². The molecule has 17 heavy (non-hydrogen) atoms. The summed E-state index contributed by atoms with van der Waals surface area (Å²) in [4.78, 5) is 4.05. The molecule has 2 rings (SSSR count). The zero-order valence-electron chi connectivity index (χ0n) is 9.21. The molecule has 0 amide bonds. The minimum absolute atomic E-state index is 0.190. The highest BCUT2D eigenvalue weighted by Crippen LogP contribution is 2.22. The van der Waals surface area contributed by atoms with Gasteiger partial charge in [-0.1, -0.05) is 17.7 Å². The quantitative estimate of drug-likeness (QED) is 0.905. The van der Waals surface area contributed by atoms with Crippen molar-refractivity contribution in [3.05, 3.63) is 59.4 Å². The molecule has 1 aromatic heterocycles. The fourth-order valence-corrected chi connectivity index (χ4v) is 1.62. The summed E-state index contributed by atoms with van der Waals surface area (Å²) in [5.41, 5.74) is 6.67. The monoisotopic (exact) mass is 248 g/mol. The van der Waals surface area contributed by atoms with E-state index in [1.807, 2.05) is 24.3 Å². The van der Waals surface area contributed by atoms with Gasteiger partial charge in [-0.3, -0.25) is 4.98 Å². The number of halogens is 1. The van der Waals surface area contributed by atoms with Crippen molar-refractivity contribution in [3.63, 3.8) is 0 Å². The predicted molar refractivity (Wildman–Crippen MR) is 68.1 cm³/mol. The fourth-order valence-electron chi connectivity index (χ4n) is 1.50. The van der Waals surface area contributed by atoms with Gasteiger partial charge in [-0.2, -0.15) is 0 Å². The lowest BCUT2D eigenvalue weighted by Gasteiger charge is -2.17. The van der Waals surface area contributed by atoms with Crippen molar-refractivity contribution in [2.45, 2.75) is 6.10 Å². The molecule has 0 aliphatic rings. The Morgan fingerprint density at radius 1 is 1.24 bits per heavy atom. The normalized spacial score (nSPS) is 12.1. The lowest BCUT2D eigenvalue weighted by atomic mass is 10.1. The van der Waals surface area contributed by atoms with Gasteiger partial charge >= 0.3 is 0 Å². The van der Waals surface area contributed by atoms with E-state index >= 15 is 0 Å². The van der Waals surface area contributed by atoms with E-state index < -0.39 is 0 Å². The number of rotatable bonds is 4. The van der Waals surface area contributed by atoms with Gasteiger partial charge in [0.1, 0.15) is 11.9 Å². The molecule has 1 heterocycles. The molecule has 2 N–H and O–H groups in total. The van der Waals surface area contributed by atoms with Crippen LogP contribution in [0.25, 0.3) is 0 Å². The van der Waals surface area contributed by atoms with Crippen molar-refractivity contribution in [2.75, 3.05) is 6.54 Å². The van der Waals surface area contributed by atoms with Crippen molar-refractivity contribution in [1.82, 2.24) is 4.98 Å². The van der Waals surface area contributed by atoms with Gasteiger partial charge in [-0.15, -0.1) is 0 Å². The summed E-state index contributed by atoms with van der Waals surface area (Å²) in [6.45, 7) is 0.397. The predicted octanol–water partition coefficient (Wildman–Crippen LogP) is 2.81. The Balaban J connectivity index is 2.13. The van der Waals surface area contributed by atoms with Crippen LogP contribution in [0.1, 0.15) is 11.7 Å². The molecule has 1 unspecified atom stereocenters. The maximum absolute atomic E-state index is 5.81. The summed E-state index contributed by atoms with van der Waals surface area (Å²) in [6, 6.07) is 11.0. The second-order valence-electron chi connectivity index (χ2n) is 3.58. The Morgan fingerprint density at radius 3 is 2.59 bits per heavy atom. The summed E-state index contributed by atoms with van der Waals surface area (Å²) >= 11 is 5.81. The number of ether oxygens (including phenoxy) is 1. The Bertz CT molecular complexity index is 459. The minimum Gasteiger partial charge on any atom is -0.484 e. The third-order valence-electron chi connectivity index (χ3n) is 2.36. The first-order valence-corrected chi connectivity index (χ1v) is 5.69. The van der Waals surface area contributed by atoms with Gasteiger partial charge < -0.3 is 10.5 Å². The van der Waals surface area contributed by atoms with E-state index in [9.17, 15) is 0 Å². The molecule has 0 saturated heterocycles. The van der Waals surface area contributed by atoms with E-state index in [-0.39, 0.29) is 6.10 Å². The first-order chi connectivity index (χ1) is 8.29. The number of pyridine rings is 1. The third-order valence-corrected chi connectivity index (χ3v) is 2.61. The van der Waals surface area contributed by atoms with Crippen molar-refractivity contribution < 1.29 is 4.74 Å². The van der Waals surface area contributed by atoms with E-state index in [2.05, 4.69) is 4.98 Å². The van der Waals surface area contributed by atoms with Gasteiger partial charge in [0.15, 0.2) is 0 Å². The van der Waals surface area contributed by atoms with Gasteiger partial charge in [0, 0.05) is 29.5 Å². The van der Waals surface area contributed by atoms with Crippen LogP contribution in [-0.2, 0) is 0 Å². The molecule has 4 heteroatoms. The SMILES string of the molecule is NCC(Oc1ccc(Cl)cc1)c1cccnc1. The smallest absolute Gasteiger partial charge is 0.137 e. The molecule has 88 valence electrons. The Hall–Kier alpha value is -1.58. The largest absolute Gasteiger partial charge is 0.484 e. The highest BCUT2D eigenvalue weighted by molar-refractivity contribution is 6.30. The molecule has 0 fully saturated rings. The van der Waals surface area contributed by atoms with Crippen LogP contribution in [0.3, 0.4) is 0 Å². The second kappa shape index (κ2) is 5.66. The molecule has 1 atom stereocenters. The van der Waals surface area contributed by atoms with E-state index in [1.54, 1.807) is 24.5 Å². The van der Waals surface area contributed by atoms with Crippen LogP contribution in [0.2, 0.25) is 5.02 Å². The van der Waals surface area contributed by atoms with E-state index in [0.29, 0.717) is 11.6 Å². The number of nitrogens with two attached hydrogens (primary N) is 1. The van der Waals surface area contributed by atoms with Crippen LogP contribution in [0.5, 0.6) is 5.75 Å². The first-order valence-electron chi connectivity index (χ1n) is 5.32. The van der Waals surface area contributed by atoms with E-state index in [0.717, 1.165) is 11.3 Å². The number of aromatic nitrogens is 1. The van der Waals surface area contributed by atoms with Gasteiger partial charge in [-0.05, 0) is 30.3 Å². The summed E-state index contributed by atoms with van der Waals surface area (Å²) in [5, 5.41) is 0.683. The van der Waals surface area contributed by atoms with Crippen molar-refractivity contribution in [1.29, 1.82) is 0 Å². The van der Waals surface area contributed by atoms with Crippen molar-refractivity contribution in [3.8, 4) is 5.75 Å². The van der Waals surface area contributed by atoms with Crippen LogP contribution in [0, 0.1) is 0 Å². The molecule has 2 aromatic rings. The summed E-state index contributed by atoms with van der Waals surface area (Å²) in [5.74, 6) is 0.744. The van der Waals surface area contributed by atoms with Gasteiger partial charge in [-0.25, -0.2) is 0 Å². The molecular weight excluding hydrogens is 236 g/mol. The standard InChI is InChI=1S/C13H13ClN2O/c14-11-3-5-12(6-4-11)17-13(8-15)10-2-1-7-16-9-10/h1-7,9,13H,8,15H2. The zero-order chi connectivity index (χ0) is 12.1. The molecule has 0 radical (unpaired) electrons. The maximum atomic E-state index is 5.81. The van der Waals surface area contributed by atoms with Crippen LogP contribution in [0.15, 0.2) is 48.8 Å². The van der Waals surface area contributed by atoms with Crippen LogP contribution in [-0.4, -0.2) is 11.5 Å². The molecule has 3 nitrogen and oxygen atoms in total. The van der Waals surface area contributed by atoms with Crippen LogP contribution in [0.4, 0.5) is 0 Å². The highest BCUT2D eigenvalue weighted by atomic mass is 35.5. The molecule has 0 spiro atoms. The Morgan fingerprint density at radius 2 is 2.00 bits per heavy atom. The lowest BCUT2D eigenvalue weighted by Crippen LogP contribution is -2.18. The third kappa shape index (κ3) is 3.19. The molecule has 0 aliphatic carbocycles. The summed E-state index contributed by atoms with van der Waals surface area (Å²) in [7, 11) is 0. The first kappa shape index (κ1) is 11.9. The zero-order valence-corrected chi connectivity index (χ0v) is 9.97. The van der Waals surface area contributed by atoms with E-state index in [1.165, 1.54) is 0 Å². The summed E-state index contributed by atoms with van der Waals surface area (Å²) in [6.07, 6.45) is 3.29.